The average Bonchev–Trinajstić information content (AvgIpc) is 2.19. The summed E-state index contributed by atoms with van der Waals surface area (Å²) in [6.07, 6.45) is -0.270. The number of rotatable bonds is 7. The summed E-state index contributed by atoms with van der Waals surface area (Å²) in [5, 5.41) is 21.6. The quantitative estimate of drug-likeness (QED) is 0.129. The van der Waals surface area contributed by atoms with Gasteiger partial charge in [-0.2, -0.15) is 0 Å². The van der Waals surface area contributed by atoms with Crippen LogP contribution in [0, 0.1) is 0 Å². The molecule has 0 rings (SSSR count). The number of oxime groups is 2. The third-order valence-electron chi connectivity index (χ3n) is 1.95. The van der Waals surface area contributed by atoms with E-state index in [0.29, 0.717) is 0 Å². The van der Waals surface area contributed by atoms with Crippen molar-refractivity contribution in [2.24, 2.45) is 10.3 Å². The average molecular weight is 304 g/mol. The molecule has 0 atom stereocenters. The predicted octanol–water partition coefficient (Wildman–Crippen LogP) is 0.478. The van der Waals surface area contributed by atoms with Gasteiger partial charge in [0.25, 0.3) is 0 Å². The van der Waals surface area contributed by atoms with Crippen LogP contribution in [0.1, 0.15) is 25.7 Å². The fourth-order valence-electron chi connectivity index (χ4n) is 1.07. The minimum Gasteiger partial charge on any atom is -0.410 e. The largest absolute Gasteiger partial charge is 0.410 e. The van der Waals surface area contributed by atoms with Crippen molar-refractivity contribution < 1.29 is 39.1 Å². The topological polar surface area (TPSA) is 180 Å². The molecule has 0 fully saturated rings. The third kappa shape index (κ3) is 6.25. The molecule has 0 radical (unpaired) electrons. The van der Waals surface area contributed by atoms with Gasteiger partial charge in [-0.25, -0.2) is 0 Å². The molecule has 0 spiro atoms. The molecule has 0 aromatic heterocycles. The van der Waals surface area contributed by atoms with Crippen LogP contribution in [-0.2, 0) is 9.13 Å². The molecule has 0 aliphatic rings. The Hall–Kier alpha value is -0.760. The van der Waals surface area contributed by atoms with Crippen molar-refractivity contribution in [2.75, 3.05) is 0 Å². The Bertz CT molecular complexity index is 381. The summed E-state index contributed by atoms with van der Waals surface area (Å²) in [4.78, 5) is 34.8. The van der Waals surface area contributed by atoms with Gasteiger partial charge in [0.05, 0.1) is 0 Å². The van der Waals surface area contributed by atoms with Crippen molar-refractivity contribution >= 4 is 26.1 Å². The Morgan fingerprint density at radius 2 is 1.06 bits per heavy atom. The zero-order chi connectivity index (χ0) is 14.4. The fourth-order valence-corrected chi connectivity index (χ4v) is 2.21. The second kappa shape index (κ2) is 6.98. The van der Waals surface area contributed by atoms with Crippen LogP contribution in [0.5, 0.6) is 0 Å². The monoisotopic (exact) mass is 304 g/mol. The minimum atomic E-state index is -4.61. The minimum absolute atomic E-state index is 0.101. The van der Waals surface area contributed by atoms with E-state index in [0.717, 1.165) is 0 Å². The number of hydrogen-bond donors (Lipinski definition) is 6. The second-order valence-corrected chi connectivity index (χ2v) is 6.54. The summed E-state index contributed by atoms with van der Waals surface area (Å²) in [6, 6.07) is 0. The first kappa shape index (κ1) is 17.2. The van der Waals surface area contributed by atoms with Crippen molar-refractivity contribution in [3.8, 4) is 0 Å². The lowest BCUT2D eigenvalue weighted by Crippen LogP contribution is -2.02. The van der Waals surface area contributed by atoms with E-state index < -0.39 is 26.1 Å². The molecule has 0 heterocycles. The normalized spacial score (nSPS) is 14.9. The third-order valence-corrected chi connectivity index (χ3v) is 3.93. The van der Waals surface area contributed by atoms with Crippen LogP contribution in [0.25, 0.3) is 0 Å². The maximum Gasteiger partial charge on any atom is 0.373 e. The van der Waals surface area contributed by atoms with Crippen LogP contribution in [-0.4, -0.2) is 40.9 Å². The Morgan fingerprint density at radius 3 is 1.22 bits per heavy atom. The standard InChI is InChI=1S/C6H14N2O8P2/c9-7-5(17(11,12)13)3-1-2-4-6(8-10)18(14,15)16/h9-10H,1-4H2,(H2,11,12,13)(H2,14,15,16). The molecule has 0 aromatic carbocycles. The molecule has 0 amide bonds. The summed E-state index contributed by atoms with van der Waals surface area (Å²) in [5.41, 5.74) is -1.41. The molecule has 106 valence electrons. The Labute approximate surface area is 102 Å². The molecule has 0 aromatic rings. The Morgan fingerprint density at radius 1 is 0.778 bits per heavy atom. The lowest BCUT2D eigenvalue weighted by atomic mass is 10.2. The summed E-state index contributed by atoms with van der Waals surface area (Å²) < 4.78 is 21.4. The molecule has 0 aliphatic heterocycles. The van der Waals surface area contributed by atoms with Gasteiger partial charge in [-0.15, -0.1) is 0 Å². The Balaban J connectivity index is 4.24. The molecule has 10 nitrogen and oxygen atoms in total. The van der Waals surface area contributed by atoms with E-state index in [1.165, 1.54) is 0 Å². The van der Waals surface area contributed by atoms with Crippen molar-refractivity contribution in [1.29, 1.82) is 0 Å². The zero-order valence-corrected chi connectivity index (χ0v) is 10.9. The molecule has 0 unspecified atom stereocenters. The predicted molar refractivity (Wildman–Crippen MR) is 61.0 cm³/mol. The van der Waals surface area contributed by atoms with Gasteiger partial charge in [0, 0.05) is 12.8 Å². The Kier molecular flexibility index (Phi) is 6.69. The summed E-state index contributed by atoms with van der Waals surface area (Å²) in [5.74, 6) is 0. The molecule has 6 N–H and O–H groups in total. The highest BCUT2D eigenvalue weighted by atomic mass is 31.2. The highest BCUT2D eigenvalue weighted by Crippen LogP contribution is 2.40. The van der Waals surface area contributed by atoms with E-state index in [-0.39, 0.29) is 25.7 Å². The van der Waals surface area contributed by atoms with E-state index in [9.17, 15) is 9.13 Å². The summed E-state index contributed by atoms with van der Waals surface area (Å²) >= 11 is 0. The SMILES string of the molecule is O=P(O)(O)C(CCCCC(=NO)P(=O)(O)O)=NO. The molecule has 18 heavy (non-hydrogen) atoms. The number of nitrogens with zero attached hydrogens (tertiary/aromatic N) is 2. The van der Waals surface area contributed by atoms with Gasteiger partial charge in [0.1, 0.15) is 0 Å². The van der Waals surface area contributed by atoms with Crippen molar-refractivity contribution in [2.45, 2.75) is 25.7 Å². The van der Waals surface area contributed by atoms with Crippen molar-refractivity contribution in [1.82, 2.24) is 0 Å². The number of unbranched alkanes of at least 4 members (excludes halogenated alkanes) is 1. The maximum atomic E-state index is 10.7. The molecular weight excluding hydrogens is 290 g/mol. The lowest BCUT2D eigenvalue weighted by molar-refractivity contribution is 0.313. The van der Waals surface area contributed by atoms with Crippen LogP contribution < -0.4 is 0 Å². The highest BCUT2D eigenvalue weighted by molar-refractivity contribution is 7.70. The first-order chi connectivity index (χ1) is 8.12. The molecule has 0 saturated carbocycles. The van der Waals surface area contributed by atoms with Gasteiger partial charge in [-0.05, 0) is 12.8 Å². The van der Waals surface area contributed by atoms with Gasteiger partial charge in [-0.1, -0.05) is 10.3 Å². The van der Waals surface area contributed by atoms with Gasteiger partial charge < -0.3 is 30.0 Å². The molecule has 12 heteroatoms. The first-order valence-electron chi connectivity index (χ1n) is 4.67. The highest BCUT2D eigenvalue weighted by Gasteiger charge is 2.25. The van der Waals surface area contributed by atoms with E-state index in [1.807, 2.05) is 0 Å². The van der Waals surface area contributed by atoms with Gasteiger partial charge in [-0.3, -0.25) is 9.13 Å². The van der Waals surface area contributed by atoms with E-state index in [4.69, 9.17) is 30.0 Å². The second-order valence-electron chi connectivity index (χ2n) is 3.33. The lowest BCUT2D eigenvalue weighted by Gasteiger charge is -2.07. The first-order valence-corrected chi connectivity index (χ1v) is 7.89. The van der Waals surface area contributed by atoms with E-state index >= 15 is 0 Å². The smallest absolute Gasteiger partial charge is 0.373 e. The van der Waals surface area contributed by atoms with Crippen LogP contribution in [0.4, 0.5) is 0 Å². The zero-order valence-electron chi connectivity index (χ0n) is 9.12. The summed E-state index contributed by atoms with van der Waals surface area (Å²) in [7, 11) is -9.22. The molecular formula is C6H14N2O8P2. The van der Waals surface area contributed by atoms with Crippen LogP contribution >= 0.6 is 15.2 Å². The maximum absolute atomic E-state index is 10.7. The van der Waals surface area contributed by atoms with Gasteiger partial charge in [0.2, 0.25) is 0 Å². The van der Waals surface area contributed by atoms with Crippen LogP contribution in [0.2, 0.25) is 0 Å². The molecule has 0 bridgehead atoms. The van der Waals surface area contributed by atoms with E-state index in [1.54, 1.807) is 0 Å². The van der Waals surface area contributed by atoms with Crippen molar-refractivity contribution in [3.05, 3.63) is 0 Å². The summed E-state index contributed by atoms with van der Waals surface area (Å²) in [6.45, 7) is 0. The van der Waals surface area contributed by atoms with Gasteiger partial charge >= 0.3 is 15.2 Å². The molecule has 0 aliphatic carbocycles. The van der Waals surface area contributed by atoms with Crippen molar-refractivity contribution in [3.63, 3.8) is 0 Å². The van der Waals surface area contributed by atoms with Crippen LogP contribution in [0.15, 0.2) is 10.3 Å². The van der Waals surface area contributed by atoms with Crippen LogP contribution in [0.3, 0.4) is 0 Å². The fraction of sp³-hybridized carbons (Fsp3) is 0.667. The molecule has 0 saturated heterocycles. The van der Waals surface area contributed by atoms with Gasteiger partial charge in [0.15, 0.2) is 10.9 Å². The number of hydrogen-bond acceptors (Lipinski definition) is 6. The van der Waals surface area contributed by atoms with E-state index in [2.05, 4.69) is 10.3 Å².